The second-order valence-electron chi connectivity index (χ2n) is 10.6. The van der Waals surface area contributed by atoms with E-state index in [4.69, 9.17) is 47.4 Å². The Kier molecular flexibility index (Phi) is 6.16. The van der Waals surface area contributed by atoms with Crippen LogP contribution < -0.4 is 23.7 Å². The minimum Gasteiger partial charge on any atom is -0.493 e. The Bertz CT molecular complexity index is 1550. The van der Waals surface area contributed by atoms with Crippen LogP contribution in [0.25, 0.3) is 21.9 Å². The molecule has 0 radical (unpaired) electrons. The van der Waals surface area contributed by atoms with Crippen LogP contribution in [0.15, 0.2) is 30.3 Å². The molecule has 3 aromatic rings. The molecule has 11 heteroatoms. The molecule has 2 fully saturated rings. The summed E-state index contributed by atoms with van der Waals surface area (Å²) < 4.78 is 58.8. The molecule has 4 atom stereocenters. The predicted octanol–water partition coefficient (Wildman–Crippen LogP) is 4.19. The molecule has 216 valence electrons. The van der Waals surface area contributed by atoms with E-state index < -0.39 is 30.3 Å². The molecule has 0 N–H and O–H groups in total. The van der Waals surface area contributed by atoms with E-state index in [1.54, 1.807) is 21.3 Å². The van der Waals surface area contributed by atoms with Gasteiger partial charge in [0.15, 0.2) is 28.8 Å². The molecule has 2 saturated heterocycles. The molecule has 3 aromatic carbocycles. The van der Waals surface area contributed by atoms with Crippen molar-refractivity contribution < 1.29 is 52.2 Å². The number of benzene rings is 3. The Morgan fingerprint density at radius 2 is 1.63 bits per heavy atom. The topological polar surface area (TPSA) is 109 Å². The van der Waals surface area contributed by atoms with Crippen molar-refractivity contribution in [1.29, 1.82) is 0 Å². The van der Waals surface area contributed by atoms with Crippen molar-refractivity contribution in [3.63, 3.8) is 0 Å². The maximum absolute atomic E-state index is 13.3. The lowest BCUT2D eigenvalue weighted by molar-refractivity contribution is -0.226. The third-order valence-electron chi connectivity index (χ3n) is 7.82. The van der Waals surface area contributed by atoms with Crippen molar-refractivity contribution in [2.75, 3.05) is 34.7 Å². The molecule has 0 aliphatic carbocycles. The van der Waals surface area contributed by atoms with Crippen LogP contribution in [0.5, 0.6) is 28.7 Å². The molecule has 4 heterocycles. The Morgan fingerprint density at radius 3 is 2.39 bits per heavy atom. The van der Waals surface area contributed by atoms with Gasteiger partial charge < -0.3 is 47.4 Å². The first kappa shape index (κ1) is 26.1. The van der Waals surface area contributed by atoms with Gasteiger partial charge in [0, 0.05) is 23.6 Å². The molecular formula is C30H30O11. The highest BCUT2D eigenvalue weighted by atomic mass is 16.8. The van der Waals surface area contributed by atoms with E-state index in [1.807, 2.05) is 44.2 Å². The highest BCUT2D eigenvalue weighted by molar-refractivity contribution is 6.14. The van der Waals surface area contributed by atoms with Crippen molar-refractivity contribution in [3.8, 4) is 39.9 Å². The summed E-state index contributed by atoms with van der Waals surface area (Å²) in [6.07, 6.45) is -2.17. The predicted molar refractivity (Wildman–Crippen MR) is 143 cm³/mol. The second-order valence-corrected chi connectivity index (χ2v) is 10.6. The lowest BCUT2D eigenvalue weighted by atomic mass is 9.89. The summed E-state index contributed by atoms with van der Waals surface area (Å²) in [7, 11) is 4.70. The summed E-state index contributed by atoms with van der Waals surface area (Å²) in [5, 5.41) is 1.37. The smallest absolute Gasteiger partial charge is 0.339 e. The molecular weight excluding hydrogens is 536 g/mol. The Balaban J connectivity index is 1.42. The number of ether oxygens (including phenoxy) is 10. The van der Waals surface area contributed by atoms with Crippen molar-refractivity contribution in [1.82, 2.24) is 0 Å². The summed E-state index contributed by atoms with van der Waals surface area (Å²) in [6.45, 7) is 4.11. The number of carbonyl (C=O) groups excluding carboxylic acids is 1. The minimum absolute atomic E-state index is 0.0222. The van der Waals surface area contributed by atoms with Crippen molar-refractivity contribution in [2.45, 2.75) is 50.8 Å². The largest absolute Gasteiger partial charge is 0.493 e. The van der Waals surface area contributed by atoms with Gasteiger partial charge in [-0.15, -0.1) is 0 Å². The van der Waals surface area contributed by atoms with Crippen molar-refractivity contribution >= 4 is 16.7 Å². The molecule has 4 unspecified atom stereocenters. The SMILES string of the molecule is COc1cc2c(OC3OCC4OC(C)(C)OC4C3OC)c3c(c(-c4ccc5c(c4)OCO5)c2cc1OC)C(=O)OC3. The molecule has 0 aromatic heterocycles. The minimum atomic E-state index is -0.855. The van der Waals surface area contributed by atoms with Crippen LogP contribution in [0.3, 0.4) is 0 Å². The Hall–Kier alpha value is -3.77. The summed E-state index contributed by atoms with van der Waals surface area (Å²) in [5.74, 6) is 1.39. The van der Waals surface area contributed by atoms with Gasteiger partial charge in [0.1, 0.15) is 30.7 Å². The van der Waals surface area contributed by atoms with E-state index >= 15 is 0 Å². The third kappa shape index (κ3) is 4.14. The zero-order valence-corrected chi connectivity index (χ0v) is 23.3. The lowest BCUT2D eigenvalue weighted by Crippen LogP contribution is -2.54. The molecule has 0 saturated carbocycles. The van der Waals surface area contributed by atoms with Gasteiger partial charge in [-0.05, 0) is 49.1 Å². The number of methoxy groups -OCH3 is 3. The zero-order valence-electron chi connectivity index (χ0n) is 23.3. The van der Waals surface area contributed by atoms with Crippen molar-refractivity contribution in [2.24, 2.45) is 0 Å². The molecule has 4 aliphatic heterocycles. The molecule has 0 spiro atoms. The number of rotatable bonds is 6. The molecule has 0 amide bonds. The normalized spacial score (nSPS) is 25.5. The second kappa shape index (κ2) is 9.66. The van der Waals surface area contributed by atoms with Gasteiger partial charge in [-0.3, -0.25) is 0 Å². The summed E-state index contributed by atoms with van der Waals surface area (Å²) in [4.78, 5) is 13.3. The van der Waals surface area contributed by atoms with Gasteiger partial charge in [0.05, 0.1) is 26.4 Å². The molecule has 11 nitrogen and oxygen atoms in total. The van der Waals surface area contributed by atoms with E-state index in [-0.39, 0.29) is 26.1 Å². The number of cyclic esters (lactones) is 1. The number of hydrogen-bond acceptors (Lipinski definition) is 11. The summed E-state index contributed by atoms with van der Waals surface area (Å²) in [6, 6.07) is 9.21. The molecule has 0 bridgehead atoms. The van der Waals surface area contributed by atoms with Gasteiger partial charge in [-0.25, -0.2) is 4.79 Å². The van der Waals surface area contributed by atoms with Gasteiger partial charge in [-0.1, -0.05) is 6.07 Å². The average Bonchev–Trinajstić information content (AvgIpc) is 3.67. The Morgan fingerprint density at radius 1 is 0.878 bits per heavy atom. The fraction of sp³-hybridized carbons (Fsp3) is 0.433. The lowest BCUT2D eigenvalue weighted by Gasteiger charge is -2.37. The average molecular weight is 567 g/mol. The van der Waals surface area contributed by atoms with Crippen LogP contribution in [-0.2, 0) is 30.3 Å². The van der Waals surface area contributed by atoms with E-state index in [9.17, 15) is 4.79 Å². The van der Waals surface area contributed by atoms with Crippen LogP contribution in [0.4, 0.5) is 0 Å². The zero-order chi connectivity index (χ0) is 28.5. The highest BCUT2D eigenvalue weighted by Gasteiger charge is 2.52. The number of hydrogen-bond donors (Lipinski definition) is 0. The quantitative estimate of drug-likeness (QED) is 0.401. The molecule has 4 aliphatic rings. The van der Waals surface area contributed by atoms with Crippen LogP contribution in [0.1, 0.15) is 29.8 Å². The summed E-state index contributed by atoms with van der Waals surface area (Å²) in [5.41, 5.74) is 2.39. The van der Waals surface area contributed by atoms with E-state index in [0.717, 1.165) is 5.56 Å². The van der Waals surface area contributed by atoms with Crippen LogP contribution >= 0.6 is 0 Å². The first-order valence-corrected chi connectivity index (χ1v) is 13.3. The highest BCUT2D eigenvalue weighted by Crippen LogP contribution is 2.50. The van der Waals surface area contributed by atoms with Crippen LogP contribution in [0.2, 0.25) is 0 Å². The maximum atomic E-state index is 13.3. The van der Waals surface area contributed by atoms with E-state index in [1.165, 1.54) is 0 Å². The van der Waals surface area contributed by atoms with Gasteiger partial charge in [0.25, 0.3) is 0 Å². The monoisotopic (exact) mass is 566 g/mol. The fourth-order valence-electron chi connectivity index (χ4n) is 6.07. The maximum Gasteiger partial charge on any atom is 0.339 e. The van der Waals surface area contributed by atoms with Gasteiger partial charge in [0.2, 0.25) is 13.1 Å². The van der Waals surface area contributed by atoms with Crippen LogP contribution in [-0.4, -0.2) is 71.1 Å². The first-order valence-electron chi connectivity index (χ1n) is 13.3. The number of esters is 1. The van der Waals surface area contributed by atoms with Gasteiger partial charge >= 0.3 is 5.97 Å². The van der Waals surface area contributed by atoms with Crippen LogP contribution in [0, 0.1) is 0 Å². The molecule has 41 heavy (non-hydrogen) atoms. The number of fused-ring (bicyclic) bond motifs is 4. The van der Waals surface area contributed by atoms with Gasteiger partial charge in [-0.2, -0.15) is 0 Å². The number of carbonyl (C=O) groups is 1. The van der Waals surface area contributed by atoms with Crippen molar-refractivity contribution in [3.05, 3.63) is 41.5 Å². The van der Waals surface area contributed by atoms with E-state index in [0.29, 0.717) is 56.2 Å². The Labute approximate surface area is 236 Å². The third-order valence-corrected chi connectivity index (χ3v) is 7.82. The van der Waals surface area contributed by atoms with E-state index in [2.05, 4.69) is 0 Å². The first-order chi connectivity index (χ1) is 19.8. The standard InChI is InChI=1S/C30H30O11/c1-30(2)40-22-12-36-29(27(34-5)26(22)41-30)39-25-16-10-20(33-4)19(32-3)9-15(16)23(24-17(25)11-35-28(24)31)14-6-7-18-21(8-14)38-13-37-18/h6-10,22,26-27,29H,11-13H2,1-5H3. The molecule has 7 rings (SSSR count). The fourth-order valence-corrected chi connectivity index (χ4v) is 6.07. The summed E-state index contributed by atoms with van der Waals surface area (Å²) >= 11 is 0.